The van der Waals surface area contributed by atoms with Crippen LogP contribution in [0.5, 0.6) is 5.75 Å². The van der Waals surface area contributed by atoms with Crippen LogP contribution in [0.4, 0.5) is 4.39 Å². The normalized spacial score (nSPS) is 12.3. The summed E-state index contributed by atoms with van der Waals surface area (Å²) in [5.74, 6) is -2.60. The molecular weight excluding hydrogens is 351 g/mol. The summed E-state index contributed by atoms with van der Waals surface area (Å²) in [6, 6.07) is 3.73. The summed E-state index contributed by atoms with van der Waals surface area (Å²) >= 11 is 2.85. The van der Waals surface area contributed by atoms with Crippen LogP contribution in [-0.4, -0.2) is 26.3 Å². The molecule has 130 valence electrons. The van der Waals surface area contributed by atoms with E-state index in [4.69, 9.17) is 9.84 Å². The Hall–Kier alpha value is -1.93. The molecule has 0 unspecified atom stereocenters. The van der Waals surface area contributed by atoms with Crippen molar-refractivity contribution >= 4 is 39.5 Å². The fourth-order valence-corrected chi connectivity index (χ4v) is 3.31. The van der Waals surface area contributed by atoms with Crippen LogP contribution in [-0.2, 0) is 10.3 Å². The van der Waals surface area contributed by atoms with Gasteiger partial charge in [0.25, 0.3) is 0 Å². The van der Waals surface area contributed by atoms with Crippen molar-refractivity contribution in [1.82, 2.24) is 8.94 Å². The van der Waals surface area contributed by atoms with Gasteiger partial charge in [-0.2, -0.15) is 4.39 Å². The van der Waals surface area contributed by atoms with Gasteiger partial charge in [0.2, 0.25) is 5.83 Å². The molecule has 0 spiro atoms. The van der Waals surface area contributed by atoms with E-state index in [1.54, 1.807) is 6.07 Å². The fraction of sp³-hybridized carbons (Fsp3) is 0.312. The van der Waals surface area contributed by atoms with E-state index in [0.717, 1.165) is 15.1 Å². The minimum Gasteiger partial charge on any atom is -0.476 e. The number of carbonyl (C=O) groups is 1. The predicted octanol–water partition coefficient (Wildman–Crippen LogP) is 4.91. The maximum Gasteiger partial charge on any atom is 0.368 e. The number of H-pyrrole nitrogens is 1. The van der Waals surface area contributed by atoms with Crippen LogP contribution in [0.1, 0.15) is 20.8 Å². The van der Waals surface area contributed by atoms with E-state index in [1.807, 2.05) is 24.7 Å². The Morgan fingerprint density at radius 1 is 1.46 bits per heavy atom. The first-order valence-corrected chi connectivity index (χ1v) is 9.14. The molecule has 24 heavy (non-hydrogen) atoms. The lowest BCUT2D eigenvalue weighted by atomic mass is 10.1. The number of hydrogen-bond acceptors (Lipinski definition) is 4. The van der Waals surface area contributed by atoms with Crippen molar-refractivity contribution < 1.29 is 19.0 Å². The summed E-state index contributed by atoms with van der Waals surface area (Å²) in [5.41, 5.74) is 0.860. The minimum atomic E-state index is -1.66. The molecule has 0 saturated heterocycles. The second-order valence-electron chi connectivity index (χ2n) is 5.94. The molecule has 0 fully saturated rings. The average molecular weight is 370 g/mol. The van der Waals surface area contributed by atoms with E-state index in [1.165, 1.54) is 23.3 Å². The molecule has 0 aliphatic heterocycles. The first-order valence-electron chi connectivity index (χ1n) is 7.10. The first kappa shape index (κ1) is 18.4. The lowest BCUT2D eigenvalue weighted by Gasteiger charge is -2.24. The van der Waals surface area contributed by atoms with Crippen LogP contribution in [0.15, 0.2) is 41.5 Å². The van der Waals surface area contributed by atoms with E-state index < -0.39 is 11.8 Å². The van der Waals surface area contributed by atoms with Crippen molar-refractivity contribution in [2.75, 3.05) is 6.26 Å². The molecule has 0 saturated carbocycles. The number of nitrogens with one attached hydrogen (secondary N) is 1. The lowest BCUT2D eigenvalue weighted by molar-refractivity contribution is -0.134. The van der Waals surface area contributed by atoms with Gasteiger partial charge >= 0.3 is 5.97 Å². The van der Waals surface area contributed by atoms with Crippen LogP contribution >= 0.6 is 23.3 Å². The highest BCUT2D eigenvalue weighted by molar-refractivity contribution is 7.98. The number of fused-ring (bicyclic) bond motifs is 1. The van der Waals surface area contributed by atoms with Crippen LogP contribution in [0, 0.1) is 0 Å². The van der Waals surface area contributed by atoms with Crippen LogP contribution < -0.4 is 4.74 Å². The quantitative estimate of drug-likeness (QED) is 0.456. The standard InChI is InChI=1S/C16H19FN2O3S2/c1-16(2,3)19-6-5-18-24-13-8-12(14(23-4)7-11(13)19)22-9-10(17)15(20)21/h5-9,18H,1-4H3,(H,20,21)/b10-9-. The topological polar surface area (TPSA) is 67.2 Å². The van der Waals surface area contributed by atoms with Gasteiger partial charge in [-0.05, 0) is 33.1 Å². The lowest BCUT2D eigenvalue weighted by Crippen LogP contribution is -2.21. The molecule has 0 amide bonds. The van der Waals surface area contributed by atoms with Crippen molar-refractivity contribution in [3.05, 3.63) is 36.6 Å². The van der Waals surface area contributed by atoms with Gasteiger partial charge in [-0.25, -0.2) is 4.79 Å². The molecule has 0 bridgehead atoms. The van der Waals surface area contributed by atoms with Gasteiger partial charge in [0.05, 0.1) is 15.1 Å². The number of ether oxygens (including phenoxy) is 1. The zero-order valence-corrected chi connectivity index (χ0v) is 15.4. The van der Waals surface area contributed by atoms with Gasteiger partial charge in [0.1, 0.15) is 12.0 Å². The summed E-state index contributed by atoms with van der Waals surface area (Å²) in [7, 11) is 0. The largest absolute Gasteiger partial charge is 0.476 e. The molecule has 8 heteroatoms. The number of aromatic nitrogens is 2. The van der Waals surface area contributed by atoms with Crippen molar-refractivity contribution in [3.8, 4) is 5.75 Å². The van der Waals surface area contributed by atoms with E-state index >= 15 is 0 Å². The first-order chi connectivity index (χ1) is 11.2. The Balaban J connectivity index is 2.65. The Labute approximate surface area is 147 Å². The van der Waals surface area contributed by atoms with Crippen molar-refractivity contribution in [2.24, 2.45) is 0 Å². The Kier molecular flexibility index (Phi) is 5.61. The highest BCUT2D eigenvalue weighted by Crippen LogP contribution is 2.35. The summed E-state index contributed by atoms with van der Waals surface area (Å²) in [5, 5.41) is 8.58. The molecule has 2 rings (SSSR count). The summed E-state index contributed by atoms with van der Waals surface area (Å²) < 4.78 is 24.6. The second kappa shape index (κ2) is 7.31. The van der Waals surface area contributed by atoms with Gasteiger partial charge in [-0.1, -0.05) is 11.5 Å². The second-order valence-corrected chi connectivity index (χ2v) is 7.66. The number of aromatic amines is 1. The number of carboxylic acid groups (broad SMARTS) is 1. The Morgan fingerprint density at radius 2 is 2.17 bits per heavy atom. The predicted molar refractivity (Wildman–Crippen MR) is 96.0 cm³/mol. The Bertz CT molecular complexity index is 826. The maximum absolute atomic E-state index is 13.2. The number of thioether (sulfide) groups is 1. The molecule has 0 aliphatic carbocycles. The highest BCUT2D eigenvalue weighted by Gasteiger charge is 2.16. The number of hydrogen-bond donors (Lipinski definition) is 2. The third kappa shape index (κ3) is 4.12. The highest BCUT2D eigenvalue weighted by atomic mass is 32.2. The molecule has 0 aliphatic rings. The zero-order chi connectivity index (χ0) is 17.9. The molecule has 1 aromatic carbocycles. The van der Waals surface area contributed by atoms with Crippen molar-refractivity contribution in [1.29, 1.82) is 0 Å². The molecule has 1 aromatic heterocycles. The molecule has 0 radical (unpaired) electrons. The van der Waals surface area contributed by atoms with Crippen LogP contribution in [0.25, 0.3) is 10.2 Å². The molecule has 1 heterocycles. The van der Waals surface area contributed by atoms with E-state index in [0.29, 0.717) is 12.0 Å². The van der Waals surface area contributed by atoms with E-state index in [9.17, 15) is 9.18 Å². The zero-order valence-electron chi connectivity index (χ0n) is 13.8. The number of halogens is 1. The maximum atomic E-state index is 13.2. The van der Waals surface area contributed by atoms with Gasteiger partial charge in [0, 0.05) is 24.0 Å². The third-order valence-electron chi connectivity index (χ3n) is 3.18. The molecule has 2 N–H and O–H groups in total. The summed E-state index contributed by atoms with van der Waals surface area (Å²) in [6.07, 6.45) is 6.30. The van der Waals surface area contributed by atoms with E-state index in [-0.39, 0.29) is 5.54 Å². The van der Waals surface area contributed by atoms with Gasteiger partial charge in [0.15, 0.2) is 0 Å². The number of rotatable bonds is 4. The number of nitrogens with zero attached hydrogens (tertiary/aromatic N) is 1. The Morgan fingerprint density at radius 3 is 2.75 bits per heavy atom. The van der Waals surface area contributed by atoms with Crippen molar-refractivity contribution in [2.45, 2.75) is 31.2 Å². The number of aliphatic carboxylic acids is 1. The third-order valence-corrected chi connectivity index (χ3v) is 4.74. The number of benzene rings is 1. The number of carboxylic acids is 1. The minimum absolute atomic E-state index is 0.134. The summed E-state index contributed by atoms with van der Waals surface area (Å²) in [4.78, 5) is 11.3. The van der Waals surface area contributed by atoms with Crippen molar-refractivity contribution in [3.63, 3.8) is 0 Å². The van der Waals surface area contributed by atoms with Gasteiger partial charge in [-0.15, -0.1) is 11.8 Å². The average Bonchev–Trinajstić information content (AvgIpc) is 2.72. The fourth-order valence-electron chi connectivity index (χ4n) is 2.09. The van der Waals surface area contributed by atoms with E-state index in [2.05, 4.69) is 29.7 Å². The van der Waals surface area contributed by atoms with Gasteiger partial charge < -0.3 is 18.8 Å². The molecule has 2 aromatic rings. The van der Waals surface area contributed by atoms with Gasteiger partial charge in [-0.3, -0.25) is 0 Å². The summed E-state index contributed by atoms with van der Waals surface area (Å²) in [6.45, 7) is 6.31. The van der Waals surface area contributed by atoms with Crippen LogP contribution in [0.3, 0.4) is 0 Å². The monoisotopic (exact) mass is 370 g/mol. The molecule has 0 atom stereocenters. The van der Waals surface area contributed by atoms with Crippen LogP contribution in [0.2, 0.25) is 0 Å². The molecule has 5 nitrogen and oxygen atoms in total. The molecular formula is C16H19FN2O3S2. The smallest absolute Gasteiger partial charge is 0.368 e. The SMILES string of the molecule is CSc1cc2c(cc1O/C=C(\F)C(=O)O)s[nH]ccn2C(C)(C)C.